The fourth-order valence-electron chi connectivity index (χ4n) is 2.57. The molecule has 1 aromatic heterocycles. The molecular weight excluding hydrogens is 336 g/mol. The van der Waals surface area contributed by atoms with E-state index < -0.39 is 0 Å². The first kappa shape index (κ1) is 13.8. The van der Waals surface area contributed by atoms with Gasteiger partial charge in [0.15, 0.2) is 5.13 Å². The summed E-state index contributed by atoms with van der Waals surface area (Å²) in [6.45, 7) is 1.93. The van der Waals surface area contributed by atoms with Gasteiger partial charge in [-0.3, -0.25) is 4.79 Å². The fourth-order valence-corrected chi connectivity index (χ4v) is 3.52. The van der Waals surface area contributed by atoms with Gasteiger partial charge < -0.3 is 5.32 Å². The van der Waals surface area contributed by atoms with Crippen LogP contribution in [0.2, 0.25) is 0 Å². The van der Waals surface area contributed by atoms with Crippen molar-refractivity contribution in [2.45, 2.75) is 31.6 Å². The SMILES string of the molecule is Cc1csc(NC(=O)C2(c3ccc(Br)cc3)CCC2)n1. The van der Waals surface area contributed by atoms with Crippen LogP contribution in [0, 0.1) is 6.92 Å². The maximum Gasteiger partial charge on any atom is 0.236 e. The number of aromatic nitrogens is 1. The third kappa shape index (κ3) is 2.40. The molecule has 0 aliphatic heterocycles. The van der Waals surface area contributed by atoms with Crippen molar-refractivity contribution in [1.29, 1.82) is 0 Å². The minimum atomic E-state index is -0.375. The number of aryl methyl sites for hydroxylation is 1. The summed E-state index contributed by atoms with van der Waals surface area (Å²) in [5, 5.41) is 5.61. The van der Waals surface area contributed by atoms with Crippen LogP contribution in [0.3, 0.4) is 0 Å². The molecule has 1 aliphatic carbocycles. The molecule has 0 unspecified atom stereocenters. The number of hydrogen-bond acceptors (Lipinski definition) is 3. The zero-order valence-electron chi connectivity index (χ0n) is 11.1. The van der Waals surface area contributed by atoms with Gasteiger partial charge in [0.2, 0.25) is 5.91 Å². The summed E-state index contributed by atoms with van der Waals surface area (Å²) in [5.74, 6) is 0.0698. The molecule has 2 aromatic rings. The average molecular weight is 351 g/mol. The average Bonchev–Trinajstić information content (AvgIpc) is 2.76. The highest BCUT2D eigenvalue weighted by Crippen LogP contribution is 2.45. The predicted octanol–water partition coefficient (Wildman–Crippen LogP) is 4.27. The van der Waals surface area contributed by atoms with E-state index in [1.54, 1.807) is 0 Å². The lowest BCUT2D eigenvalue weighted by Crippen LogP contribution is -2.45. The molecule has 5 heteroatoms. The second-order valence-corrected chi connectivity index (χ2v) is 6.96. The number of thiazole rings is 1. The van der Waals surface area contributed by atoms with Crippen molar-refractivity contribution >= 4 is 38.3 Å². The van der Waals surface area contributed by atoms with Crippen LogP contribution in [0.15, 0.2) is 34.1 Å². The molecule has 0 atom stereocenters. The van der Waals surface area contributed by atoms with Crippen molar-refractivity contribution in [3.8, 4) is 0 Å². The molecule has 3 nitrogen and oxygen atoms in total. The van der Waals surface area contributed by atoms with Crippen molar-refractivity contribution in [2.75, 3.05) is 5.32 Å². The molecule has 1 heterocycles. The first-order chi connectivity index (χ1) is 9.60. The molecule has 0 radical (unpaired) electrons. The summed E-state index contributed by atoms with van der Waals surface area (Å²) in [6.07, 6.45) is 2.91. The minimum Gasteiger partial charge on any atom is -0.301 e. The molecule has 1 aromatic carbocycles. The van der Waals surface area contributed by atoms with Crippen LogP contribution in [-0.2, 0) is 10.2 Å². The molecule has 0 bridgehead atoms. The summed E-state index contributed by atoms with van der Waals surface area (Å²) < 4.78 is 1.03. The molecule has 0 spiro atoms. The maximum atomic E-state index is 12.7. The Morgan fingerprint density at radius 2 is 2.05 bits per heavy atom. The van der Waals surface area contributed by atoms with Crippen molar-refractivity contribution in [2.24, 2.45) is 0 Å². The molecule has 1 fully saturated rings. The normalized spacial score (nSPS) is 16.5. The Hall–Kier alpha value is -1.20. The maximum absolute atomic E-state index is 12.7. The lowest BCUT2D eigenvalue weighted by molar-refractivity contribution is -0.124. The number of nitrogens with one attached hydrogen (secondary N) is 1. The number of carbonyl (C=O) groups excluding carboxylic acids is 1. The lowest BCUT2D eigenvalue weighted by atomic mass is 9.64. The van der Waals surface area contributed by atoms with Crippen molar-refractivity contribution < 1.29 is 4.79 Å². The molecule has 1 saturated carbocycles. The van der Waals surface area contributed by atoms with Crippen LogP contribution in [0.25, 0.3) is 0 Å². The number of hydrogen-bond donors (Lipinski definition) is 1. The zero-order valence-corrected chi connectivity index (χ0v) is 13.6. The van der Waals surface area contributed by atoms with E-state index in [-0.39, 0.29) is 11.3 Å². The second-order valence-electron chi connectivity index (χ2n) is 5.19. The fraction of sp³-hybridized carbons (Fsp3) is 0.333. The number of anilines is 1. The molecular formula is C15H15BrN2OS. The number of benzene rings is 1. The van der Waals surface area contributed by atoms with Gasteiger partial charge >= 0.3 is 0 Å². The predicted molar refractivity (Wildman–Crippen MR) is 85.2 cm³/mol. The van der Waals surface area contributed by atoms with Gasteiger partial charge in [0.05, 0.1) is 11.1 Å². The van der Waals surface area contributed by atoms with Gasteiger partial charge in [0, 0.05) is 9.85 Å². The third-order valence-corrected chi connectivity index (χ3v) is 5.28. The summed E-state index contributed by atoms with van der Waals surface area (Å²) in [6, 6.07) is 8.07. The molecule has 1 aliphatic rings. The molecule has 1 amide bonds. The number of halogens is 1. The molecule has 0 saturated heterocycles. The molecule has 3 rings (SSSR count). The topological polar surface area (TPSA) is 42.0 Å². The smallest absolute Gasteiger partial charge is 0.236 e. The summed E-state index contributed by atoms with van der Waals surface area (Å²) in [7, 11) is 0. The van der Waals surface area contributed by atoms with Gasteiger partial charge in [-0.2, -0.15) is 0 Å². The number of nitrogens with zero attached hydrogens (tertiary/aromatic N) is 1. The summed E-state index contributed by atoms with van der Waals surface area (Å²) >= 11 is 4.91. The number of rotatable bonds is 3. The Balaban J connectivity index is 1.85. The molecule has 104 valence electrons. The zero-order chi connectivity index (χ0) is 14.2. The Morgan fingerprint density at radius 1 is 1.35 bits per heavy atom. The van der Waals surface area contributed by atoms with Crippen LogP contribution in [0.5, 0.6) is 0 Å². The largest absolute Gasteiger partial charge is 0.301 e. The van der Waals surface area contributed by atoms with Crippen molar-refractivity contribution in [1.82, 2.24) is 4.98 Å². The second kappa shape index (κ2) is 5.30. The number of amides is 1. The quantitative estimate of drug-likeness (QED) is 0.897. The molecule has 20 heavy (non-hydrogen) atoms. The highest BCUT2D eigenvalue weighted by Gasteiger charge is 2.45. The van der Waals surface area contributed by atoms with E-state index in [9.17, 15) is 4.79 Å². The minimum absolute atomic E-state index is 0.0698. The van der Waals surface area contributed by atoms with E-state index in [4.69, 9.17) is 0 Å². The van der Waals surface area contributed by atoms with Crippen LogP contribution in [0.4, 0.5) is 5.13 Å². The van der Waals surface area contributed by atoms with E-state index in [0.29, 0.717) is 5.13 Å². The van der Waals surface area contributed by atoms with Gasteiger partial charge in [0.25, 0.3) is 0 Å². The number of carbonyl (C=O) groups is 1. The van der Waals surface area contributed by atoms with Crippen LogP contribution >= 0.6 is 27.3 Å². The van der Waals surface area contributed by atoms with E-state index >= 15 is 0 Å². The van der Waals surface area contributed by atoms with E-state index in [1.807, 2.05) is 36.6 Å². The van der Waals surface area contributed by atoms with Crippen molar-refractivity contribution in [3.05, 3.63) is 45.4 Å². The van der Waals surface area contributed by atoms with Gasteiger partial charge in [-0.1, -0.05) is 34.5 Å². The summed E-state index contributed by atoms with van der Waals surface area (Å²) in [4.78, 5) is 17.0. The van der Waals surface area contributed by atoms with E-state index in [2.05, 4.69) is 26.2 Å². The highest BCUT2D eigenvalue weighted by molar-refractivity contribution is 9.10. The van der Waals surface area contributed by atoms with Gasteiger partial charge in [-0.15, -0.1) is 11.3 Å². The Morgan fingerprint density at radius 3 is 2.55 bits per heavy atom. The van der Waals surface area contributed by atoms with E-state index in [0.717, 1.165) is 35.0 Å². The Bertz CT molecular complexity index is 632. The van der Waals surface area contributed by atoms with Gasteiger partial charge in [-0.25, -0.2) is 4.98 Å². The lowest BCUT2D eigenvalue weighted by Gasteiger charge is -2.40. The molecule has 1 N–H and O–H groups in total. The monoisotopic (exact) mass is 350 g/mol. The highest BCUT2D eigenvalue weighted by atomic mass is 79.9. The Labute approximate surface area is 130 Å². The Kier molecular flexibility index (Phi) is 3.65. The van der Waals surface area contributed by atoms with Crippen LogP contribution in [0.1, 0.15) is 30.5 Å². The summed E-state index contributed by atoms with van der Waals surface area (Å²) in [5.41, 5.74) is 1.66. The van der Waals surface area contributed by atoms with Gasteiger partial charge in [0.1, 0.15) is 0 Å². The standard InChI is InChI=1S/C15H15BrN2OS/c1-10-9-20-14(17-10)18-13(19)15(7-2-8-15)11-3-5-12(16)6-4-11/h3-6,9H,2,7-8H2,1H3,(H,17,18,19). The van der Waals surface area contributed by atoms with Crippen molar-refractivity contribution in [3.63, 3.8) is 0 Å². The van der Waals surface area contributed by atoms with Crippen LogP contribution in [-0.4, -0.2) is 10.9 Å². The van der Waals surface area contributed by atoms with Gasteiger partial charge in [-0.05, 0) is 37.5 Å². The first-order valence-corrected chi connectivity index (χ1v) is 8.27. The third-order valence-electron chi connectivity index (χ3n) is 3.88. The van der Waals surface area contributed by atoms with E-state index in [1.165, 1.54) is 11.3 Å². The van der Waals surface area contributed by atoms with Crippen LogP contribution < -0.4 is 5.32 Å². The first-order valence-electron chi connectivity index (χ1n) is 6.60.